The van der Waals surface area contributed by atoms with Crippen LogP contribution in [0.3, 0.4) is 0 Å². The van der Waals surface area contributed by atoms with Crippen LogP contribution in [0.2, 0.25) is 0 Å². The van der Waals surface area contributed by atoms with Crippen molar-refractivity contribution in [1.29, 1.82) is 0 Å². The third-order valence-corrected chi connectivity index (χ3v) is 9.11. The van der Waals surface area contributed by atoms with Gasteiger partial charge in [0.2, 0.25) is 5.13 Å². The first-order chi connectivity index (χ1) is 14.8. The molecule has 0 aliphatic rings. The average Bonchev–Trinajstić information content (AvgIpc) is 3.30. The number of aromatic nitrogens is 3. The molecule has 4 rings (SSSR count). The third kappa shape index (κ3) is 5.17. The fourth-order valence-corrected chi connectivity index (χ4v) is 6.84. The van der Waals surface area contributed by atoms with Gasteiger partial charge in [0, 0.05) is 5.75 Å². The van der Waals surface area contributed by atoms with Crippen LogP contribution >= 0.6 is 34.4 Å². The van der Waals surface area contributed by atoms with Crippen LogP contribution in [0.5, 0.6) is 0 Å². The number of thioether (sulfide) groups is 1. The van der Waals surface area contributed by atoms with Crippen molar-refractivity contribution in [3.05, 3.63) is 63.8 Å². The predicted octanol–water partition coefficient (Wildman–Crippen LogP) is 4.51. The summed E-state index contributed by atoms with van der Waals surface area (Å²) in [6, 6.07) is 14.4. The highest BCUT2D eigenvalue weighted by Gasteiger charge is 2.19. The van der Waals surface area contributed by atoms with Crippen LogP contribution in [0.25, 0.3) is 10.2 Å². The lowest BCUT2D eigenvalue weighted by Gasteiger charge is -2.06. The molecular weight excluding hydrogens is 473 g/mol. The van der Waals surface area contributed by atoms with Gasteiger partial charge in [0.15, 0.2) is 4.34 Å². The first-order valence-electron chi connectivity index (χ1n) is 9.48. The highest BCUT2D eigenvalue weighted by Crippen LogP contribution is 2.29. The molecule has 0 saturated carbocycles. The van der Waals surface area contributed by atoms with Crippen LogP contribution in [0, 0.1) is 5.92 Å². The van der Waals surface area contributed by atoms with Crippen LogP contribution in [0.1, 0.15) is 19.4 Å². The van der Waals surface area contributed by atoms with Gasteiger partial charge in [-0.2, -0.15) is 0 Å². The van der Waals surface area contributed by atoms with Gasteiger partial charge in [-0.3, -0.25) is 14.1 Å². The molecule has 7 nitrogen and oxygen atoms in total. The normalized spacial score (nSPS) is 12.0. The number of hydrogen-bond acceptors (Lipinski definition) is 8. The van der Waals surface area contributed by atoms with Crippen LogP contribution in [0.4, 0.5) is 5.13 Å². The molecule has 1 N–H and O–H groups in total. The number of nitrogens with zero attached hydrogens (tertiary/aromatic N) is 3. The van der Waals surface area contributed by atoms with E-state index in [1.807, 2.05) is 30.3 Å². The number of sulfonamides is 1. The smallest absolute Gasteiger partial charge is 0.294 e. The van der Waals surface area contributed by atoms with Gasteiger partial charge in [0.05, 0.1) is 21.7 Å². The molecule has 0 spiro atoms. The molecule has 0 aliphatic carbocycles. The minimum atomic E-state index is -3.84. The topological polar surface area (TPSA) is 94.0 Å². The second-order valence-corrected chi connectivity index (χ2v) is 12.2. The zero-order chi connectivity index (χ0) is 22.0. The molecule has 4 aromatic rings. The summed E-state index contributed by atoms with van der Waals surface area (Å²) in [5.41, 5.74) is 1.71. The van der Waals surface area contributed by atoms with E-state index in [4.69, 9.17) is 0 Å². The summed E-state index contributed by atoms with van der Waals surface area (Å²) in [5, 5.41) is 8.19. The zero-order valence-electron chi connectivity index (χ0n) is 16.8. The summed E-state index contributed by atoms with van der Waals surface area (Å²) in [7, 11) is -3.84. The predicted molar refractivity (Wildman–Crippen MR) is 128 cm³/mol. The highest BCUT2D eigenvalue weighted by atomic mass is 32.2. The number of rotatable bonds is 8. The van der Waals surface area contributed by atoms with Gasteiger partial charge in [-0.25, -0.2) is 8.42 Å². The van der Waals surface area contributed by atoms with E-state index < -0.39 is 10.0 Å². The van der Waals surface area contributed by atoms with Crippen molar-refractivity contribution in [2.75, 3.05) is 10.5 Å². The molecule has 162 valence electrons. The molecular formula is C20H20N4O3S4. The lowest BCUT2D eigenvalue weighted by atomic mass is 10.2. The lowest BCUT2D eigenvalue weighted by molar-refractivity contribution is 0.601. The Labute approximate surface area is 192 Å². The maximum absolute atomic E-state index is 12.8. The van der Waals surface area contributed by atoms with Crippen molar-refractivity contribution >= 4 is 59.8 Å². The second-order valence-electron chi connectivity index (χ2n) is 7.25. The minimum Gasteiger partial charge on any atom is -0.294 e. The Morgan fingerprint density at radius 2 is 1.87 bits per heavy atom. The second kappa shape index (κ2) is 9.11. The Bertz CT molecular complexity index is 1360. The molecule has 0 fully saturated rings. The van der Waals surface area contributed by atoms with Gasteiger partial charge in [-0.1, -0.05) is 78.6 Å². The van der Waals surface area contributed by atoms with E-state index in [9.17, 15) is 13.2 Å². The largest absolute Gasteiger partial charge is 0.308 e. The van der Waals surface area contributed by atoms with Crippen LogP contribution in [-0.2, 0) is 16.6 Å². The summed E-state index contributed by atoms with van der Waals surface area (Å²) in [6.45, 7) is 4.65. The summed E-state index contributed by atoms with van der Waals surface area (Å²) in [6.07, 6.45) is 0. The van der Waals surface area contributed by atoms with Crippen molar-refractivity contribution < 1.29 is 8.42 Å². The summed E-state index contributed by atoms with van der Waals surface area (Å²) >= 11 is 3.79. The number of hydrogen-bond donors (Lipinski definition) is 1. The molecule has 31 heavy (non-hydrogen) atoms. The summed E-state index contributed by atoms with van der Waals surface area (Å²) < 4.78 is 31.2. The molecule has 0 amide bonds. The van der Waals surface area contributed by atoms with E-state index in [-0.39, 0.29) is 14.9 Å². The molecule has 0 aliphatic heterocycles. The number of nitrogens with one attached hydrogen (secondary N) is 1. The Hall–Kier alpha value is -2.21. The van der Waals surface area contributed by atoms with Gasteiger partial charge >= 0.3 is 4.87 Å². The molecule has 0 atom stereocenters. The van der Waals surface area contributed by atoms with Crippen molar-refractivity contribution in [3.63, 3.8) is 0 Å². The quantitative estimate of drug-likeness (QED) is 0.364. The first-order valence-corrected chi connectivity index (χ1v) is 13.6. The molecule has 2 heterocycles. The Morgan fingerprint density at radius 1 is 1.10 bits per heavy atom. The van der Waals surface area contributed by atoms with Gasteiger partial charge in [0.1, 0.15) is 0 Å². The van der Waals surface area contributed by atoms with Gasteiger partial charge in [-0.05, 0) is 29.7 Å². The Morgan fingerprint density at radius 3 is 2.61 bits per heavy atom. The minimum absolute atomic E-state index is 0.0831. The average molecular weight is 493 g/mol. The number of thiazole rings is 1. The fourth-order valence-electron chi connectivity index (χ4n) is 2.85. The van der Waals surface area contributed by atoms with Crippen molar-refractivity contribution in [2.24, 2.45) is 5.92 Å². The number of fused-ring (bicyclic) bond motifs is 1. The molecule has 11 heteroatoms. The van der Waals surface area contributed by atoms with Crippen LogP contribution < -0.4 is 9.60 Å². The highest BCUT2D eigenvalue weighted by molar-refractivity contribution is 8.01. The zero-order valence-corrected chi connectivity index (χ0v) is 20.1. The summed E-state index contributed by atoms with van der Waals surface area (Å²) in [4.78, 5) is 12.5. The van der Waals surface area contributed by atoms with Gasteiger partial charge in [0.25, 0.3) is 10.0 Å². The Balaban J connectivity index is 1.57. The number of benzene rings is 2. The third-order valence-electron chi connectivity index (χ3n) is 4.30. The van der Waals surface area contributed by atoms with Gasteiger partial charge < -0.3 is 0 Å². The van der Waals surface area contributed by atoms with Crippen molar-refractivity contribution in [1.82, 2.24) is 14.8 Å². The maximum atomic E-state index is 12.8. The standard InChI is InChI=1S/C20H20N4O3S4/c1-13(2)12-28-19-22-21-18(30-19)23-31(26,27)15-8-9-16-17(10-15)29-20(25)24(16)11-14-6-4-3-5-7-14/h3-10,13H,11-12H2,1-2H3,(H,21,23). The van der Waals surface area contributed by atoms with E-state index in [2.05, 4.69) is 28.8 Å². The van der Waals surface area contributed by atoms with E-state index in [0.29, 0.717) is 22.7 Å². The summed E-state index contributed by atoms with van der Waals surface area (Å²) in [5.74, 6) is 1.39. The Kier molecular flexibility index (Phi) is 6.47. The van der Waals surface area contributed by atoms with E-state index >= 15 is 0 Å². The van der Waals surface area contributed by atoms with E-state index in [1.54, 1.807) is 22.4 Å². The van der Waals surface area contributed by atoms with Crippen LogP contribution in [0.15, 0.2) is 62.6 Å². The first kappa shape index (κ1) is 22.0. The molecule has 0 saturated heterocycles. The molecule has 2 aromatic heterocycles. The van der Waals surface area contributed by atoms with Crippen molar-refractivity contribution in [2.45, 2.75) is 29.6 Å². The van der Waals surface area contributed by atoms with Crippen LogP contribution in [-0.4, -0.2) is 28.9 Å². The van der Waals surface area contributed by atoms with Crippen molar-refractivity contribution in [3.8, 4) is 0 Å². The molecule has 0 radical (unpaired) electrons. The number of anilines is 1. The molecule has 0 bridgehead atoms. The van der Waals surface area contributed by atoms with E-state index in [0.717, 1.165) is 27.0 Å². The van der Waals surface area contributed by atoms with Gasteiger partial charge in [-0.15, -0.1) is 10.2 Å². The fraction of sp³-hybridized carbons (Fsp3) is 0.250. The lowest BCUT2D eigenvalue weighted by Crippen LogP contribution is -2.14. The SMILES string of the molecule is CC(C)CSc1nnc(NS(=O)(=O)c2ccc3c(c2)sc(=O)n3Cc2ccccc2)s1. The maximum Gasteiger partial charge on any atom is 0.308 e. The molecule has 0 unspecified atom stereocenters. The molecule has 2 aromatic carbocycles. The monoisotopic (exact) mass is 492 g/mol. The van der Waals surface area contributed by atoms with E-state index in [1.165, 1.54) is 23.5 Å².